The molecule has 1 atom stereocenters. The molecule has 3 aromatic rings. The fraction of sp³-hybridized carbons (Fsp3) is 0.200. The smallest absolute Gasteiger partial charge is 0.384 e. The number of methoxy groups -OCH3 is 1. The lowest BCUT2D eigenvalue weighted by molar-refractivity contribution is -0.129. The first-order valence-electron chi connectivity index (χ1n) is 10.7. The Hall–Kier alpha value is -3.60. The number of carbonyl (C=O) groups excluding carboxylic acids is 1. The van der Waals surface area contributed by atoms with Crippen molar-refractivity contribution in [3.8, 4) is 22.6 Å². The Kier molecular flexibility index (Phi) is 7.63. The van der Waals surface area contributed by atoms with Crippen LogP contribution in [0.1, 0.15) is 11.1 Å². The largest absolute Gasteiger partial charge is 0.497 e. The number of halogens is 1. The van der Waals surface area contributed by atoms with Crippen LogP contribution < -0.4 is 14.7 Å². The normalized spacial score (nSPS) is 17.5. The van der Waals surface area contributed by atoms with Crippen LogP contribution in [0.4, 0.5) is 0 Å². The van der Waals surface area contributed by atoms with Crippen molar-refractivity contribution in [2.75, 3.05) is 28.3 Å². The van der Waals surface area contributed by atoms with E-state index in [1.54, 1.807) is 26.3 Å². The summed E-state index contributed by atoms with van der Waals surface area (Å²) in [5.41, 5.74) is 7.56. The molecule has 0 aliphatic carbocycles. The number of guanidine groups is 1. The number of likely N-dealkylation sites (N-methyl/N-ethyl adjacent to an activating group) is 1. The van der Waals surface area contributed by atoms with Crippen molar-refractivity contribution in [2.45, 2.75) is 5.54 Å². The lowest BCUT2D eigenvalue weighted by Crippen LogP contribution is -2.41. The lowest BCUT2D eigenvalue weighted by atomic mass is 9.81. The molecular formula is C25H27ClN4O5S. The average molecular weight is 531 g/mol. The van der Waals surface area contributed by atoms with Gasteiger partial charge in [-0.15, -0.1) is 12.4 Å². The van der Waals surface area contributed by atoms with Crippen molar-refractivity contribution in [2.24, 2.45) is 10.7 Å². The first kappa shape index (κ1) is 27.0. The maximum atomic E-state index is 13.6. The summed E-state index contributed by atoms with van der Waals surface area (Å²) in [6, 6.07) is 21.3. The average Bonchev–Trinajstić information content (AvgIpc) is 3.09. The Morgan fingerprint density at radius 2 is 1.53 bits per heavy atom. The predicted octanol–water partition coefficient (Wildman–Crippen LogP) is 3.00. The minimum absolute atomic E-state index is 0. The molecule has 0 bridgehead atoms. The van der Waals surface area contributed by atoms with Crippen molar-refractivity contribution >= 4 is 34.6 Å². The highest BCUT2D eigenvalue weighted by molar-refractivity contribution is 7.84. The number of ether oxygens (including phenoxy) is 1. The molecule has 1 unspecified atom stereocenters. The summed E-state index contributed by atoms with van der Waals surface area (Å²) in [6.07, 6.45) is 0. The van der Waals surface area contributed by atoms with Crippen LogP contribution in [-0.4, -0.2) is 57.7 Å². The van der Waals surface area contributed by atoms with E-state index in [0.717, 1.165) is 15.4 Å². The molecule has 0 spiro atoms. The molecule has 190 valence electrons. The standard InChI is InChI=1S/C25H26N4O5S.ClH/c1-28(2)35(31,32)34-21-13-11-19(12-14-21)25(23(30)29(3)24(26)27-25)20-9-5-7-17(15-20)18-8-6-10-22(16-18)33-4;/h5-16H,1-4H3,(H2,26,27);1H. The minimum Gasteiger partial charge on any atom is -0.497 e. The second-order valence-electron chi connectivity index (χ2n) is 8.21. The summed E-state index contributed by atoms with van der Waals surface area (Å²) < 4.78 is 35.6. The van der Waals surface area contributed by atoms with Crippen LogP contribution >= 0.6 is 12.4 Å². The molecule has 1 amide bonds. The second kappa shape index (κ2) is 10.2. The van der Waals surface area contributed by atoms with Crippen LogP contribution in [0.5, 0.6) is 11.5 Å². The van der Waals surface area contributed by atoms with Crippen molar-refractivity contribution in [1.29, 1.82) is 0 Å². The third-order valence-corrected chi connectivity index (χ3v) is 7.14. The molecule has 2 N–H and O–H groups in total. The van der Waals surface area contributed by atoms with Crippen LogP contribution in [0.25, 0.3) is 11.1 Å². The van der Waals surface area contributed by atoms with Gasteiger partial charge in [-0.2, -0.15) is 12.7 Å². The van der Waals surface area contributed by atoms with Gasteiger partial charge in [0.15, 0.2) is 11.5 Å². The van der Waals surface area contributed by atoms with E-state index in [9.17, 15) is 13.2 Å². The Bertz CT molecular complexity index is 1410. The molecule has 36 heavy (non-hydrogen) atoms. The molecule has 1 heterocycles. The zero-order chi connectivity index (χ0) is 25.4. The van der Waals surface area contributed by atoms with E-state index in [1.807, 2.05) is 48.5 Å². The fourth-order valence-electron chi connectivity index (χ4n) is 3.86. The lowest BCUT2D eigenvalue weighted by Gasteiger charge is -2.27. The van der Waals surface area contributed by atoms with E-state index in [1.165, 1.54) is 31.1 Å². The first-order chi connectivity index (χ1) is 16.6. The van der Waals surface area contributed by atoms with Gasteiger partial charge in [0.1, 0.15) is 11.5 Å². The number of benzene rings is 3. The third-order valence-electron chi connectivity index (χ3n) is 5.84. The monoisotopic (exact) mass is 530 g/mol. The van der Waals surface area contributed by atoms with E-state index in [-0.39, 0.29) is 30.0 Å². The molecule has 0 radical (unpaired) electrons. The van der Waals surface area contributed by atoms with Gasteiger partial charge in [-0.05, 0) is 52.6 Å². The van der Waals surface area contributed by atoms with E-state index in [2.05, 4.69) is 4.99 Å². The number of nitrogens with zero attached hydrogens (tertiary/aromatic N) is 3. The zero-order valence-corrected chi connectivity index (χ0v) is 21.8. The molecule has 11 heteroatoms. The summed E-state index contributed by atoms with van der Waals surface area (Å²) in [5, 5.41) is 0. The Morgan fingerprint density at radius 3 is 2.08 bits per heavy atom. The van der Waals surface area contributed by atoms with Gasteiger partial charge in [-0.3, -0.25) is 9.69 Å². The summed E-state index contributed by atoms with van der Waals surface area (Å²) in [6.45, 7) is 0. The third kappa shape index (κ3) is 4.75. The number of hydrogen-bond donors (Lipinski definition) is 1. The second-order valence-corrected chi connectivity index (χ2v) is 9.96. The number of amides is 1. The Labute approximate surface area is 216 Å². The van der Waals surface area contributed by atoms with Crippen molar-refractivity contribution in [3.63, 3.8) is 0 Å². The van der Waals surface area contributed by atoms with Gasteiger partial charge < -0.3 is 14.7 Å². The molecule has 1 aliphatic heterocycles. The van der Waals surface area contributed by atoms with Crippen LogP contribution in [0.2, 0.25) is 0 Å². The van der Waals surface area contributed by atoms with Crippen LogP contribution in [0.3, 0.4) is 0 Å². The summed E-state index contributed by atoms with van der Waals surface area (Å²) in [7, 11) is 2.00. The Balaban J connectivity index is 0.00000361. The van der Waals surface area contributed by atoms with Gasteiger partial charge in [0, 0.05) is 21.1 Å². The maximum absolute atomic E-state index is 13.6. The topological polar surface area (TPSA) is 115 Å². The van der Waals surface area contributed by atoms with Gasteiger partial charge in [0.05, 0.1) is 7.11 Å². The van der Waals surface area contributed by atoms with Gasteiger partial charge in [-0.25, -0.2) is 4.99 Å². The molecule has 0 saturated carbocycles. The van der Waals surface area contributed by atoms with Crippen molar-refractivity contribution < 1.29 is 22.1 Å². The predicted molar refractivity (Wildman–Crippen MR) is 141 cm³/mol. The number of hydrogen-bond acceptors (Lipinski definition) is 7. The van der Waals surface area contributed by atoms with E-state index in [0.29, 0.717) is 16.9 Å². The number of aliphatic imine (C=N–C) groups is 1. The highest BCUT2D eigenvalue weighted by Crippen LogP contribution is 2.41. The van der Waals surface area contributed by atoms with Gasteiger partial charge in [0.25, 0.3) is 5.91 Å². The summed E-state index contributed by atoms with van der Waals surface area (Å²) >= 11 is 0. The van der Waals surface area contributed by atoms with Gasteiger partial charge >= 0.3 is 10.3 Å². The minimum atomic E-state index is -3.92. The van der Waals surface area contributed by atoms with E-state index >= 15 is 0 Å². The first-order valence-corrected chi connectivity index (χ1v) is 12.1. The van der Waals surface area contributed by atoms with Crippen molar-refractivity contribution in [3.05, 3.63) is 83.9 Å². The number of rotatable bonds is 7. The van der Waals surface area contributed by atoms with Crippen LogP contribution in [-0.2, 0) is 20.6 Å². The number of carbonyl (C=O) groups is 1. The maximum Gasteiger partial charge on any atom is 0.384 e. The van der Waals surface area contributed by atoms with Gasteiger partial charge in [-0.1, -0.05) is 42.5 Å². The number of nitrogens with two attached hydrogens (primary N) is 1. The van der Waals surface area contributed by atoms with E-state index < -0.39 is 15.8 Å². The molecular weight excluding hydrogens is 504 g/mol. The SMILES string of the molecule is COc1cccc(-c2cccc(C3(c4ccc(OS(=O)(=O)N(C)C)cc4)N=C(N)N(C)C3=O)c2)c1.Cl. The van der Waals surface area contributed by atoms with Crippen molar-refractivity contribution in [1.82, 2.24) is 9.21 Å². The molecule has 0 aromatic heterocycles. The molecule has 9 nitrogen and oxygen atoms in total. The quantitative estimate of drug-likeness (QED) is 0.502. The Morgan fingerprint density at radius 1 is 0.917 bits per heavy atom. The molecule has 3 aromatic carbocycles. The van der Waals surface area contributed by atoms with Crippen LogP contribution in [0, 0.1) is 0 Å². The van der Waals surface area contributed by atoms with Crippen LogP contribution in [0.15, 0.2) is 77.8 Å². The van der Waals surface area contributed by atoms with Gasteiger partial charge in [0.2, 0.25) is 0 Å². The fourth-order valence-corrected chi connectivity index (χ4v) is 4.36. The summed E-state index contributed by atoms with van der Waals surface area (Å²) in [4.78, 5) is 19.5. The molecule has 0 fully saturated rings. The molecule has 4 rings (SSSR count). The van der Waals surface area contributed by atoms with E-state index in [4.69, 9.17) is 14.7 Å². The summed E-state index contributed by atoms with van der Waals surface area (Å²) in [5.74, 6) is 0.577. The highest BCUT2D eigenvalue weighted by atomic mass is 35.5. The molecule has 1 aliphatic rings. The zero-order valence-electron chi connectivity index (χ0n) is 20.2. The highest BCUT2D eigenvalue weighted by Gasteiger charge is 2.49. The molecule has 0 saturated heterocycles.